The monoisotopic (exact) mass is 369 g/mol. The minimum absolute atomic E-state index is 0.0246. The van der Waals surface area contributed by atoms with Crippen molar-refractivity contribution in [2.45, 2.75) is 25.5 Å². The topological polar surface area (TPSA) is 53.6 Å². The highest BCUT2D eigenvalue weighted by Gasteiger charge is 2.41. The first-order valence-electron chi connectivity index (χ1n) is 9.43. The number of nitrogens with zero attached hydrogens (tertiary/aromatic N) is 1. The van der Waals surface area contributed by atoms with Crippen LogP contribution in [0.2, 0.25) is 0 Å². The van der Waals surface area contributed by atoms with Gasteiger partial charge in [0, 0.05) is 6.54 Å². The van der Waals surface area contributed by atoms with Gasteiger partial charge < -0.3 is 9.64 Å². The van der Waals surface area contributed by atoms with Crippen LogP contribution < -0.4 is 15.6 Å². The average molecular weight is 369 g/mol. The minimum Gasteiger partial charge on any atom is -0.486 e. The fraction of sp³-hybridized carbons (Fsp3) is 0.381. The number of rotatable bonds is 5. The molecule has 1 amide bonds. The number of likely N-dealkylation sites (tertiary alicyclic amines) is 1. The highest BCUT2D eigenvalue weighted by molar-refractivity contribution is 5.81. The van der Waals surface area contributed by atoms with E-state index < -0.39 is 0 Å². The lowest BCUT2D eigenvalue weighted by molar-refractivity contribution is -0.144. The molecule has 6 heteroatoms. The van der Waals surface area contributed by atoms with E-state index in [4.69, 9.17) is 4.74 Å². The number of amides is 1. The molecule has 27 heavy (non-hydrogen) atoms. The van der Waals surface area contributed by atoms with Crippen molar-refractivity contribution in [2.75, 3.05) is 19.6 Å². The molecule has 5 nitrogen and oxygen atoms in total. The Labute approximate surface area is 158 Å². The van der Waals surface area contributed by atoms with E-state index in [-0.39, 0.29) is 29.8 Å². The number of nitrogens with one attached hydrogen (secondary N) is 2. The Balaban J connectivity index is 1.37. The third-order valence-electron chi connectivity index (χ3n) is 5.31. The molecule has 2 aromatic carbocycles. The Morgan fingerprint density at radius 2 is 2.04 bits per heavy atom. The standard InChI is InChI=1S/C21H24FN3O2/c1-2-14-6-3-4-9-19(14)27-17-12-25(13-17)21(26)18-11-23-24-20(18)15-7-5-8-16(22)10-15/h3-10,17-18,20,23-24H,2,11-13H2,1H3. The van der Waals surface area contributed by atoms with Gasteiger partial charge in [0.15, 0.2) is 0 Å². The second kappa shape index (κ2) is 7.66. The molecule has 2 aliphatic heterocycles. The lowest BCUT2D eigenvalue weighted by Crippen LogP contribution is -2.58. The van der Waals surface area contributed by atoms with E-state index in [9.17, 15) is 9.18 Å². The van der Waals surface area contributed by atoms with Crippen LogP contribution in [0.5, 0.6) is 5.75 Å². The van der Waals surface area contributed by atoms with Gasteiger partial charge in [0.05, 0.1) is 25.0 Å². The third kappa shape index (κ3) is 3.68. The first-order chi connectivity index (χ1) is 13.2. The fourth-order valence-electron chi connectivity index (χ4n) is 3.76. The number of ether oxygens (including phenoxy) is 1. The van der Waals surface area contributed by atoms with E-state index in [1.54, 1.807) is 6.07 Å². The molecule has 2 unspecified atom stereocenters. The molecule has 2 heterocycles. The van der Waals surface area contributed by atoms with Gasteiger partial charge in [-0.05, 0) is 35.7 Å². The highest BCUT2D eigenvalue weighted by atomic mass is 19.1. The molecule has 0 bridgehead atoms. The Kier molecular flexibility index (Phi) is 5.09. The van der Waals surface area contributed by atoms with Gasteiger partial charge in [0.2, 0.25) is 5.91 Å². The molecule has 2 atom stereocenters. The van der Waals surface area contributed by atoms with Crippen molar-refractivity contribution < 1.29 is 13.9 Å². The van der Waals surface area contributed by atoms with Gasteiger partial charge >= 0.3 is 0 Å². The molecule has 0 aliphatic carbocycles. The van der Waals surface area contributed by atoms with Crippen LogP contribution in [0.1, 0.15) is 24.1 Å². The molecular weight excluding hydrogens is 345 g/mol. The van der Waals surface area contributed by atoms with Crippen LogP contribution in [-0.4, -0.2) is 36.5 Å². The number of halogens is 1. The molecule has 0 radical (unpaired) electrons. The molecule has 2 aliphatic rings. The number of hydrogen-bond acceptors (Lipinski definition) is 4. The lowest BCUT2D eigenvalue weighted by atomic mass is 9.92. The van der Waals surface area contributed by atoms with Gasteiger partial charge in [-0.1, -0.05) is 37.3 Å². The summed E-state index contributed by atoms with van der Waals surface area (Å²) in [5.41, 5.74) is 8.10. The van der Waals surface area contributed by atoms with Crippen LogP contribution >= 0.6 is 0 Å². The normalized spacial score (nSPS) is 22.5. The SMILES string of the molecule is CCc1ccccc1OC1CN(C(=O)C2CNNC2c2cccc(F)c2)C1. The highest BCUT2D eigenvalue weighted by Crippen LogP contribution is 2.29. The number of aryl methyl sites for hydroxylation is 1. The first kappa shape index (κ1) is 17.9. The zero-order valence-electron chi connectivity index (χ0n) is 15.3. The van der Waals surface area contributed by atoms with Gasteiger partial charge in [-0.15, -0.1) is 0 Å². The van der Waals surface area contributed by atoms with Gasteiger partial charge in [0.25, 0.3) is 0 Å². The zero-order chi connectivity index (χ0) is 18.8. The number of carbonyl (C=O) groups is 1. The smallest absolute Gasteiger partial charge is 0.229 e. The van der Waals surface area contributed by atoms with Crippen molar-refractivity contribution in [3.05, 3.63) is 65.5 Å². The second-order valence-corrected chi connectivity index (χ2v) is 7.11. The van der Waals surface area contributed by atoms with Crippen molar-refractivity contribution in [3.63, 3.8) is 0 Å². The molecule has 0 spiro atoms. The molecule has 2 saturated heterocycles. The summed E-state index contributed by atoms with van der Waals surface area (Å²) in [5, 5.41) is 0. The van der Waals surface area contributed by atoms with E-state index in [1.807, 2.05) is 29.2 Å². The summed E-state index contributed by atoms with van der Waals surface area (Å²) in [6.45, 7) is 3.80. The van der Waals surface area contributed by atoms with E-state index in [0.717, 1.165) is 17.7 Å². The molecule has 142 valence electrons. The van der Waals surface area contributed by atoms with Gasteiger partial charge in [-0.3, -0.25) is 10.2 Å². The van der Waals surface area contributed by atoms with Crippen molar-refractivity contribution in [1.82, 2.24) is 15.8 Å². The number of hydrogen-bond donors (Lipinski definition) is 2. The van der Waals surface area contributed by atoms with Crippen LogP contribution in [0.15, 0.2) is 48.5 Å². The maximum atomic E-state index is 13.5. The van der Waals surface area contributed by atoms with E-state index in [2.05, 4.69) is 23.8 Å². The van der Waals surface area contributed by atoms with Gasteiger partial charge in [-0.25, -0.2) is 9.82 Å². The van der Waals surface area contributed by atoms with Gasteiger partial charge in [-0.2, -0.15) is 0 Å². The number of para-hydroxylation sites is 1. The summed E-state index contributed by atoms with van der Waals surface area (Å²) in [6.07, 6.45) is 0.942. The summed E-state index contributed by atoms with van der Waals surface area (Å²) in [6, 6.07) is 14.2. The molecule has 2 fully saturated rings. The Morgan fingerprint density at radius 1 is 1.22 bits per heavy atom. The summed E-state index contributed by atoms with van der Waals surface area (Å²) >= 11 is 0. The largest absolute Gasteiger partial charge is 0.486 e. The first-order valence-corrected chi connectivity index (χ1v) is 9.43. The minimum atomic E-state index is -0.292. The van der Waals surface area contributed by atoms with Crippen molar-refractivity contribution >= 4 is 5.91 Å². The van der Waals surface area contributed by atoms with Crippen LogP contribution in [0.4, 0.5) is 4.39 Å². The number of hydrazine groups is 1. The fourth-order valence-corrected chi connectivity index (χ4v) is 3.76. The van der Waals surface area contributed by atoms with E-state index in [0.29, 0.717) is 19.6 Å². The average Bonchev–Trinajstić information content (AvgIpc) is 3.14. The molecule has 2 aromatic rings. The second-order valence-electron chi connectivity index (χ2n) is 7.11. The maximum Gasteiger partial charge on any atom is 0.229 e. The van der Waals surface area contributed by atoms with E-state index in [1.165, 1.54) is 17.7 Å². The molecule has 4 rings (SSSR count). The Morgan fingerprint density at radius 3 is 2.81 bits per heavy atom. The van der Waals surface area contributed by atoms with Crippen LogP contribution in [0.25, 0.3) is 0 Å². The molecule has 0 aromatic heterocycles. The molecule has 2 N–H and O–H groups in total. The Bertz CT molecular complexity index is 823. The predicted molar refractivity (Wildman–Crippen MR) is 101 cm³/mol. The van der Waals surface area contributed by atoms with Crippen LogP contribution in [0, 0.1) is 11.7 Å². The third-order valence-corrected chi connectivity index (χ3v) is 5.31. The van der Waals surface area contributed by atoms with Gasteiger partial charge in [0.1, 0.15) is 17.7 Å². The van der Waals surface area contributed by atoms with Crippen molar-refractivity contribution in [2.24, 2.45) is 5.92 Å². The summed E-state index contributed by atoms with van der Waals surface area (Å²) < 4.78 is 19.6. The lowest BCUT2D eigenvalue weighted by Gasteiger charge is -2.41. The van der Waals surface area contributed by atoms with Crippen LogP contribution in [0.3, 0.4) is 0 Å². The number of benzene rings is 2. The quantitative estimate of drug-likeness (QED) is 0.850. The number of carbonyl (C=O) groups excluding carboxylic acids is 1. The Hall–Kier alpha value is -2.44. The van der Waals surface area contributed by atoms with Crippen molar-refractivity contribution in [3.8, 4) is 5.75 Å². The summed E-state index contributed by atoms with van der Waals surface area (Å²) in [7, 11) is 0. The van der Waals surface area contributed by atoms with E-state index >= 15 is 0 Å². The molecule has 0 saturated carbocycles. The maximum absolute atomic E-state index is 13.5. The summed E-state index contributed by atoms with van der Waals surface area (Å²) in [4.78, 5) is 14.7. The summed E-state index contributed by atoms with van der Waals surface area (Å²) in [5.74, 6) is 0.430. The molecular formula is C21H24FN3O2. The van der Waals surface area contributed by atoms with Crippen molar-refractivity contribution in [1.29, 1.82) is 0 Å². The van der Waals surface area contributed by atoms with Crippen LogP contribution in [-0.2, 0) is 11.2 Å². The zero-order valence-corrected chi connectivity index (χ0v) is 15.3. The predicted octanol–water partition coefficient (Wildman–Crippen LogP) is 2.44.